The lowest BCUT2D eigenvalue weighted by molar-refractivity contribution is 0.0696. The third-order valence-corrected chi connectivity index (χ3v) is 4.98. The number of carboxylic acids is 1. The van der Waals surface area contributed by atoms with Crippen molar-refractivity contribution in [2.75, 3.05) is 0 Å². The van der Waals surface area contributed by atoms with Gasteiger partial charge in [0.05, 0.1) is 16.1 Å². The molecule has 3 aromatic heterocycles. The molecule has 5 heteroatoms. The summed E-state index contributed by atoms with van der Waals surface area (Å²) in [6, 6.07) is 7.83. The number of hydrogen-bond acceptors (Lipinski definition) is 3. The number of fused-ring (bicyclic) bond motifs is 1. The third kappa shape index (κ3) is 1.89. The Balaban J connectivity index is 2.09. The van der Waals surface area contributed by atoms with Crippen LogP contribution in [0.4, 0.5) is 0 Å². The van der Waals surface area contributed by atoms with Crippen LogP contribution in [0.2, 0.25) is 0 Å². The van der Waals surface area contributed by atoms with Crippen LogP contribution in [0.15, 0.2) is 42.0 Å². The number of rotatable bonds is 3. The second kappa shape index (κ2) is 5.10. The van der Waals surface area contributed by atoms with Gasteiger partial charge in [-0.2, -0.15) is 0 Å². The lowest BCUT2D eigenvalue weighted by Crippen LogP contribution is -2.01. The van der Waals surface area contributed by atoms with E-state index in [0.29, 0.717) is 5.56 Å². The van der Waals surface area contributed by atoms with E-state index >= 15 is 0 Å². The standard InChI is InChI=1S/C17H14N2O2S/c20-17(21)15-12-3-1-9-19(12)16(13-4-2-10-22-13)14(15)11-5-7-18-8-6-11/h2,4-8,10H,1,3,9H2,(H,20,21). The van der Waals surface area contributed by atoms with Gasteiger partial charge in [0.2, 0.25) is 0 Å². The highest BCUT2D eigenvalue weighted by Crippen LogP contribution is 2.43. The molecule has 0 fully saturated rings. The Morgan fingerprint density at radius 3 is 2.77 bits per heavy atom. The maximum atomic E-state index is 11.9. The minimum atomic E-state index is -0.847. The number of aromatic nitrogens is 2. The number of aromatic carboxylic acids is 1. The van der Waals surface area contributed by atoms with Crippen LogP contribution in [0.25, 0.3) is 21.7 Å². The summed E-state index contributed by atoms with van der Waals surface area (Å²) in [5, 5.41) is 11.8. The van der Waals surface area contributed by atoms with Crippen LogP contribution in [0.5, 0.6) is 0 Å². The van der Waals surface area contributed by atoms with Crippen molar-refractivity contribution < 1.29 is 9.90 Å². The quantitative estimate of drug-likeness (QED) is 0.797. The average molecular weight is 310 g/mol. The van der Waals surface area contributed by atoms with E-state index in [4.69, 9.17) is 0 Å². The summed E-state index contributed by atoms with van der Waals surface area (Å²) in [7, 11) is 0. The largest absolute Gasteiger partial charge is 0.478 e. The zero-order valence-corrected chi connectivity index (χ0v) is 12.6. The molecule has 0 unspecified atom stereocenters. The molecule has 0 aliphatic carbocycles. The minimum Gasteiger partial charge on any atom is -0.478 e. The summed E-state index contributed by atoms with van der Waals surface area (Å²) in [4.78, 5) is 17.1. The molecular formula is C17H14N2O2S. The molecule has 0 saturated heterocycles. The Morgan fingerprint density at radius 2 is 2.09 bits per heavy atom. The highest BCUT2D eigenvalue weighted by Gasteiger charge is 2.31. The molecule has 4 rings (SSSR count). The van der Waals surface area contributed by atoms with Crippen LogP contribution in [-0.2, 0) is 13.0 Å². The molecule has 0 atom stereocenters. The van der Waals surface area contributed by atoms with Crippen LogP contribution < -0.4 is 0 Å². The van der Waals surface area contributed by atoms with Gasteiger partial charge in [0, 0.05) is 30.2 Å². The fourth-order valence-corrected chi connectivity index (χ4v) is 4.06. The van der Waals surface area contributed by atoms with Crippen molar-refractivity contribution in [3.63, 3.8) is 0 Å². The lowest BCUT2D eigenvalue weighted by atomic mass is 9.99. The molecule has 0 saturated carbocycles. The van der Waals surface area contributed by atoms with Gasteiger partial charge < -0.3 is 9.67 Å². The number of pyridine rings is 1. The van der Waals surface area contributed by atoms with Gasteiger partial charge >= 0.3 is 5.97 Å². The maximum absolute atomic E-state index is 11.9. The van der Waals surface area contributed by atoms with E-state index in [1.54, 1.807) is 23.7 Å². The fourth-order valence-electron chi connectivity index (χ4n) is 3.28. The maximum Gasteiger partial charge on any atom is 0.338 e. The van der Waals surface area contributed by atoms with E-state index in [0.717, 1.165) is 46.8 Å². The van der Waals surface area contributed by atoms with Crippen molar-refractivity contribution in [2.45, 2.75) is 19.4 Å². The Labute approximate surface area is 131 Å². The molecule has 4 heterocycles. The Hall–Kier alpha value is -2.40. The molecule has 0 radical (unpaired) electrons. The van der Waals surface area contributed by atoms with Crippen molar-refractivity contribution in [1.82, 2.24) is 9.55 Å². The van der Waals surface area contributed by atoms with Crippen LogP contribution in [0, 0.1) is 0 Å². The van der Waals surface area contributed by atoms with E-state index < -0.39 is 5.97 Å². The summed E-state index contributed by atoms with van der Waals surface area (Å²) in [6.45, 7) is 0.883. The molecule has 4 nitrogen and oxygen atoms in total. The van der Waals surface area contributed by atoms with Gasteiger partial charge in [-0.25, -0.2) is 4.79 Å². The smallest absolute Gasteiger partial charge is 0.338 e. The second-order valence-corrected chi connectivity index (χ2v) is 6.27. The number of hydrogen-bond donors (Lipinski definition) is 1. The van der Waals surface area contributed by atoms with Crippen molar-refractivity contribution in [3.05, 3.63) is 53.3 Å². The molecular weight excluding hydrogens is 296 g/mol. The van der Waals surface area contributed by atoms with Gasteiger partial charge in [-0.05, 0) is 42.0 Å². The van der Waals surface area contributed by atoms with E-state index in [1.165, 1.54) is 0 Å². The number of thiophene rings is 1. The first-order valence-corrected chi connectivity index (χ1v) is 8.08. The lowest BCUT2D eigenvalue weighted by Gasteiger charge is -2.08. The second-order valence-electron chi connectivity index (χ2n) is 5.32. The van der Waals surface area contributed by atoms with E-state index in [1.807, 2.05) is 23.6 Å². The van der Waals surface area contributed by atoms with Crippen LogP contribution in [-0.4, -0.2) is 20.6 Å². The normalized spacial score (nSPS) is 13.3. The molecule has 0 amide bonds. The van der Waals surface area contributed by atoms with Gasteiger partial charge in [0.25, 0.3) is 0 Å². The van der Waals surface area contributed by atoms with Crippen LogP contribution in [0.1, 0.15) is 22.5 Å². The number of carbonyl (C=O) groups is 1. The first-order valence-electron chi connectivity index (χ1n) is 7.20. The van der Waals surface area contributed by atoms with Gasteiger partial charge in [0.1, 0.15) is 0 Å². The SMILES string of the molecule is O=C(O)c1c(-c2ccncc2)c(-c2cccs2)n2c1CCC2. The molecule has 3 aromatic rings. The van der Waals surface area contributed by atoms with Crippen molar-refractivity contribution in [1.29, 1.82) is 0 Å². The number of carboxylic acid groups (broad SMARTS) is 1. The fraction of sp³-hybridized carbons (Fsp3) is 0.176. The van der Waals surface area contributed by atoms with E-state index in [2.05, 4.69) is 15.6 Å². The molecule has 1 aliphatic rings. The van der Waals surface area contributed by atoms with Gasteiger partial charge in [-0.3, -0.25) is 4.98 Å². The molecule has 1 aliphatic heterocycles. The predicted molar refractivity (Wildman–Crippen MR) is 86.3 cm³/mol. The molecule has 1 N–H and O–H groups in total. The van der Waals surface area contributed by atoms with Gasteiger partial charge in [0.15, 0.2) is 0 Å². The summed E-state index contributed by atoms with van der Waals surface area (Å²) in [5.74, 6) is -0.847. The van der Waals surface area contributed by atoms with Crippen molar-refractivity contribution >= 4 is 17.3 Å². The third-order valence-electron chi connectivity index (χ3n) is 4.10. The van der Waals surface area contributed by atoms with E-state index in [9.17, 15) is 9.90 Å². The summed E-state index contributed by atoms with van der Waals surface area (Å²) in [5.41, 5.74) is 4.17. The molecule has 22 heavy (non-hydrogen) atoms. The Morgan fingerprint density at radius 1 is 1.27 bits per heavy atom. The highest BCUT2D eigenvalue weighted by molar-refractivity contribution is 7.13. The molecule has 0 aromatic carbocycles. The topological polar surface area (TPSA) is 55.1 Å². The molecule has 110 valence electrons. The Kier molecular flexibility index (Phi) is 3.08. The van der Waals surface area contributed by atoms with Crippen molar-refractivity contribution in [2.24, 2.45) is 0 Å². The van der Waals surface area contributed by atoms with E-state index in [-0.39, 0.29) is 0 Å². The summed E-state index contributed by atoms with van der Waals surface area (Å²) < 4.78 is 2.19. The number of nitrogens with zero attached hydrogens (tertiary/aromatic N) is 2. The average Bonchev–Trinajstić information content (AvgIpc) is 3.23. The first-order chi connectivity index (χ1) is 10.8. The molecule has 0 spiro atoms. The van der Waals surface area contributed by atoms with Crippen LogP contribution >= 0.6 is 11.3 Å². The predicted octanol–water partition coefficient (Wildman–Crippen LogP) is 3.92. The highest BCUT2D eigenvalue weighted by atomic mass is 32.1. The zero-order chi connectivity index (χ0) is 15.1. The Bertz CT molecular complexity index is 835. The molecule has 0 bridgehead atoms. The monoisotopic (exact) mass is 310 g/mol. The minimum absolute atomic E-state index is 0.451. The summed E-state index contributed by atoms with van der Waals surface area (Å²) in [6.07, 6.45) is 5.25. The summed E-state index contributed by atoms with van der Waals surface area (Å²) >= 11 is 1.65. The van der Waals surface area contributed by atoms with Crippen molar-refractivity contribution in [3.8, 4) is 21.7 Å². The van der Waals surface area contributed by atoms with Crippen LogP contribution in [0.3, 0.4) is 0 Å². The van der Waals surface area contributed by atoms with Gasteiger partial charge in [-0.15, -0.1) is 11.3 Å². The first kappa shape index (κ1) is 13.3. The zero-order valence-electron chi connectivity index (χ0n) is 11.8. The van der Waals surface area contributed by atoms with Gasteiger partial charge in [-0.1, -0.05) is 6.07 Å².